The molecule has 0 saturated heterocycles. The number of rotatable bonds is 5. The highest BCUT2D eigenvalue weighted by Crippen LogP contribution is 2.39. The van der Waals surface area contributed by atoms with Crippen molar-refractivity contribution in [2.24, 2.45) is 0 Å². The van der Waals surface area contributed by atoms with E-state index >= 15 is 0 Å². The van der Waals surface area contributed by atoms with Crippen molar-refractivity contribution in [1.82, 2.24) is 4.98 Å². The van der Waals surface area contributed by atoms with E-state index in [9.17, 15) is 5.26 Å². The summed E-state index contributed by atoms with van der Waals surface area (Å²) in [5.41, 5.74) is 11.5. The predicted molar refractivity (Wildman–Crippen MR) is 127 cm³/mol. The van der Waals surface area contributed by atoms with Crippen LogP contribution >= 0.6 is 11.6 Å². The molecule has 3 aromatic rings. The van der Waals surface area contributed by atoms with Gasteiger partial charge in [-0.25, -0.2) is 4.98 Å². The van der Waals surface area contributed by atoms with Crippen LogP contribution in [-0.4, -0.2) is 12.1 Å². The fourth-order valence-corrected chi connectivity index (χ4v) is 4.49. The minimum Gasteiger partial charge on any atom is -0.493 e. The Hall–Kier alpha value is -3.23. The molecule has 32 heavy (non-hydrogen) atoms. The molecule has 0 spiro atoms. The highest BCUT2D eigenvalue weighted by molar-refractivity contribution is 6.30. The molecule has 0 fully saturated rings. The second kappa shape index (κ2) is 9.93. The van der Waals surface area contributed by atoms with Gasteiger partial charge in [0.1, 0.15) is 24.1 Å². The molecule has 0 aliphatic heterocycles. The molecular weight excluding hydrogens is 422 g/mol. The Labute approximate surface area is 193 Å². The van der Waals surface area contributed by atoms with Gasteiger partial charge in [-0.1, -0.05) is 42.6 Å². The van der Waals surface area contributed by atoms with E-state index in [1.165, 1.54) is 12.8 Å². The van der Waals surface area contributed by atoms with Gasteiger partial charge in [-0.2, -0.15) is 5.26 Å². The maximum Gasteiger partial charge on any atom is 0.161 e. The van der Waals surface area contributed by atoms with Crippen molar-refractivity contribution < 1.29 is 9.47 Å². The van der Waals surface area contributed by atoms with E-state index in [-0.39, 0.29) is 0 Å². The van der Waals surface area contributed by atoms with Crippen LogP contribution in [0.25, 0.3) is 11.1 Å². The average Bonchev–Trinajstić information content (AvgIpc) is 2.78. The van der Waals surface area contributed by atoms with Crippen LogP contribution in [0, 0.1) is 11.3 Å². The number of ether oxygens (including phenoxy) is 2. The van der Waals surface area contributed by atoms with Gasteiger partial charge >= 0.3 is 0 Å². The summed E-state index contributed by atoms with van der Waals surface area (Å²) in [7, 11) is 1.61. The average molecular weight is 448 g/mol. The summed E-state index contributed by atoms with van der Waals surface area (Å²) in [6.07, 6.45) is 6.32. The van der Waals surface area contributed by atoms with Gasteiger partial charge < -0.3 is 15.2 Å². The molecule has 2 N–H and O–H groups in total. The van der Waals surface area contributed by atoms with Crippen LogP contribution in [0.5, 0.6) is 11.5 Å². The van der Waals surface area contributed by atoms with Crippen LogP contribution in [0.1, 0.15) is 48.1 Å². The van der Waals surface area contributed by atoms with Crippen LogP contribution in [-0.2, 0) is 19.4 Å². The molecule has 0 atom stereocenters. The largest absolute Gasteiger partial charge is 0.493 e. The summed E-state index contributed by atoms with van der Waals surface area (Å²) >= 11 is 6.07. The first kappa shape index (κ1) is 22.0. The van der Waals surface area contributed by atoms with Crippen molar-refractivity contribution in [3.63, 3.8) is 0 Å². The Kier molecular flexibility index (Phi) is 6.82. The molecule has 5 nitrogen and oxygen atoms in total. The first-order chi connectivity index (χ1) is 15.6. The van der Waals surface area contributed by atoms with E-state index < -0.39 is 0 Å². The van der Waals surface area contributed by atoms with Crippen molar-refractivity contribution >= 4 is 17.4 Å². The number of nitrogens with zero attached hydrogens (tertiary/aromatic N) is 2. The van der Waals surface area contributed by atoms with E-state index in [0.29, 0.717) is 34.5 Å². The number of nitrogen functional groups attached to an aromatic ring is 1. The lowest BCUT2D eigenvalue weighted by Gasteiger charge is -2.20. The Morgan fingerprint density at radius 3 is 2.62 bits per heavy atom. The Balaban J connectivity index is 1.73. The number of aromatic nitrogens is 1. The molecule has 0 radical (unpaired) electrons. The monoisotopic (exact) mass is 447 g/mol. The topological polar surface area (TPSA) is 81.2 Å². The Morgan fingerprint density at radius 2 is 1.88 bits per heavy atom. The van der Waals surface area contributed by atoms with Gasteiger partial charge in [0.2, 0.25) is 0 Å². The lowest BCUT2D eigenvalue weighted by Crippen LogP contribution is -2.10. The number of hydrogen-bond donors (Lipinski definition) is 1. The number of methoxy groups -OCH3 is 1. The summed E-state index contributed by atoms with van der Waals surface area (Å²) in [6, 6.07) is 15.6. The fraction of sp³-hybridized carbons (Fsp3) is 0.308. The van der Waals surface area contributed by atoms with Crippen molar-refractivity contribution in [3.8, 4) is 28.7 Å². The first-order valence-corrected chi connectivity index (χ1v) is 11.3. The highest BCUT2D eigenvalue weighted by atomic mass is 35.5. The number of nitriles is 1. The van der Waals surface area contributed by atoms with Crippen LogP contribution in [0.2, 0.25) is 5.02 Å². The number of aryl methyl sites for hydroxylation is 1. The predicted octanol–water partition coefficient (Wildman–Crippen LogP) is 6.10. The third-order valence-electron chi connectivity index (χ3n) is 5.85. The summed E-state index contributed by atoms with van der Waals surface area (Å²) in [5.74, 6) is 1.52. The van der Waals surface area contributed by atoms with E-state index in [1.807, 2.05) is 42.5 Å². The van der Waals surface area contributed by atoms with Crippen LogP contribution in [0.15, 0.2) is 42.5 Å². The van der Waals surface area contributed by atoms with E-state index in [2.05, 4.69) is 11.1 Å². The van der Waals surface area contributed by atoms with Gasteiger partial charge in [0.05, 0.1) is 7.11 Å². The maximum absolute atomic E-state index is 9.87. The summed E-state index contributed by atoms with van der Waals surface area (Å²) < 4.78 is 11.6. The molecule has 4 rings (SSSR count). The lowest BCUT2D eigenvalue weighted by atomic mass is 9.88. The van der Waals surface area contributed by atoms with Gasteiger partial charge in [0.25, 0.3) is 0 Å². The zero-order valence-electron chi connectivity index (χ0n) is 18.2. The third-order valence-corrected chi connectivity index (χ3v) is 6.08. The van der Waals surface area contributed by atoms with Crippen molar-refractivity contribution in [3.05, 3.63) is 69.9 Å². The fourth-order valence-electron chi connectivity index (χ4n) is 4.28. The standard InChI is InChI=1S/C26H26ClN3O2/c1-31-24-14-18(11-12-23(24)32-16-17-7-6-8-19(27)13-17)25-20-9-4-2-3-5-10-22(20)30-26(29)21(25)15-28/h6-8,11-14H,2-5,9-10,16H2,1H3,(H2,29,30). The molecule has 0 amide bonds. The minimum absolute atomic E-state index is 0.294. The number of nitrogens with two attached hydrogens (primary N) is 1. The van der Waals surface area contributed by atoms with Crippen LogP contribution < -0.4 is 15.2 Å². The smallest absolute Gasteiger partial charge is 0.161 e. The van der Waals surface area contributed by atoms with E-state index in [4.69, 9.17) is 26.8 Å². The van der Waals surface area contributed by atoms with Crippen LogP contribution in [0.4, 0.5) is 5.82 Å². The van der Waals surface area contributed by atoms with Gasteiger partial charge in [-0.15, -0.1) is 0 Å². The zero-order chi connectivity index (χ0) is 22.5. The zero-order valence-corrected chi connectivity index (χ0v) is 18.9. The molecule has 1 heterocycles. The quantitative estimate of drug-likeness (QED) is 0.510. The van der Waals surface area contributed by atoms with Gasteiger partial charge in [0.15, 0.2) is 11.5 Å². The second-order valence-corrected chi connectivity index (χ2v) is 8.42. The van der Waals surface area contributed by atoms with E-state index in [0.717, 1.165) is 53.6 Å². The van der Waals surface area contributed by atoms with Crippen LogP contribution in [0.3, 0.4) is 0 Å². The van der Waals surface area contributed by atoms with Crippen molar-refractivity contribution in [2.75, 3.05) is 12.8 Å². The molecule has 1 aliphatic rings. The lowest BCUT2D eigenvalue weighted by molar-refractivity contribution is 0.284. The summed E-state index contributed by atoms with van der Waals surface area (Å²) in [6.45, 7) is 0.372. The number of halogens is 1. The van der Waals surface area contributed by atoms with Gasteiger partial charge in [-0.05, 0) is 66.6 Å². The third kappa shape index (κ3) is 4.66. The number of anilines is 1. The molecule has 0 bridgehead atoms. The SMILES string of the molecule is COc1cc(-c2c(C#N)c(N)nc3c2CCCCCC3)ccc1OCc1cccc(Cl)c1. The van der Waals surface area contributed by atoms with Crippen molar-refractivity contribution in [1.29, 1.82) is 5.26 Å². The maximum atomic E-state index is 9.87. The van der Waals surface area contributed by atoms with E-state index in [1.54, 1.807) is 7.11 Å². The number of fused-ring (bicyclic) bond motifs is 1. The summed E-state index contributed by atoms with van der Waals surface area (Å²) in [4.78, 5) is 4.59. The number of benzene rings is 2. The minimum atomic E-state index is 0.294. The van der Waals surface area contributed by atoms with Crippen molar-refractivity contribution in [2.45, 2.75) is 45.1 Å². The molecule has 1 aromatic heterocycles. The number of hydrogen-bond acceptors (Lipinski definition) is 5. The molecule has 1 aliphatic carbocycles. The molecule has 164 valence electrons. The second-order valence-electron chi connectivity index (χ2n) is 7.98. The normalized spacial score (nSPS) is 13.4. The highest BCUT2D eigenvalue weighted by Gasteiger charge is 2.22. The summed E-state index contributed by atoms with van der Waals surface area (Å²) in [5, 5.41) is 10.5. The number of pyridine rings is 1. The molecule has 6 heteroatoms. The molecule has 2 aromatic carbocycles. The Bertz CT molecular complexity index is 1170. The first-order valence-electron chi connectivity index (χ1n) is 10.9. The Morgan fingerprint density at radius 1 is 1.06 bits per heavy atom. The molecule has 0 saturated carbocycles. The molecular formula is C26H26ClN3O2. The van der Waals surface area contributed by atoms with Gasteiger partial charge in [-0.3, -0.25) is 0 Å². The van der Waals surface area contributed by atoms with Gasteiger partial charge in [0, 0.05) is 16.3 Å². The molecule has 0 unspecified atom stereocenters.